The van der Waals surface area contributed by atoms with Crippen LogP contribution in [0.3, 0.4) is 0 Å². The molecule has 1 aliphatic heterocycles. The maximum Gasteiger partial charge on any atom is 0.266 e. The third-order valence-electron chi connectivity index (χ3n) is 3.68. The molecule has 0 fully saturated rings. The molecule has 1 amide bonds. The highest BCUT2D eigenvalue weighted by molar-refractivity contribution is 6.30. The van der Waals surface area contributed by atoms with Gasteiger partial charge in [0, 0.05) is 17.8 Å². The molecular formula is C17H17ClN2O2. The third-order valence-corrected chi connectivity index (χ3v) is 3.93. The standard InChI is InChI=1S/C17H17ClN2O2/c1-17(2,22-14-7-5-13(18)6-8-14)16(21)20-10-12-4-3-9-19-15(12)11-20/h3-9H,10-11H2,1-2H3. The fourth-order valence-electron chi connectivity index (χ4n) is 2.57. The molecule has 1 aromatic heterocycles. The van der Waals surface area contributed by atoms with Crippen molar-refractivity contribution in [1.82, 2.24) is 9.88 Å². The van der Waals surface area contributed by atoms with Crippen LogP contribution in [0.25, 0.3) is 0 Å². The number of hydrogen-bond acceptors (Lipinski definition) is 3. The minimum atomic E-state index is -0.949. The van der Waals surface area contributed by atoms with E-state index in [1.54, 1.807) is 49.2 Å². The van der Waals surface area contributed by atoms with Gasteiger partial charge in [-0.15, -0.1) is 0 Å². The van der Waals surface area contributed by atoms with Crippen molar-refractivity contribution in [2.75, 3.05) is 0 Å². The van der Waals surface area contributed by atoms with Gasteiger partial charge >= 0.3 is 0 Å². The van der Waals surface area contributed by atoms with Gasteiger partial charge in [-0.1, -0.05) is 17.7 Å². The van der Waals surface area contributed by atoms with Crippen LogP contribution in [0, 0.1) is 0 Å². The van der Waals surface area contributed by atoms with Gasteiger partial charge in [0.05, 0.1) is 12.2 Å². The second kappa shape index (κ2) is 5.61. The minimum Gasteiger partial charge on any atom is -0.478 e. The average Bonchev–Trinajstić information content (AvgIpc) is 2.92. The monoisotopic (exact) mass is 316 g/mol. The Labute approximate surface area is 134 Å². The number of carbonyl (C=O) groups is 1. The lowest BCUT2D eigenvalue weighted by Gasteiger charge is -2.29. The molecule has 3 rings (SSSR count). The highest BCUT2D eigenvalue weighted by atomic mass is 35.5. The second-order valence-corrected chi connectivity index (χ2v) is 6.27. The summed E-state index contributed by atoms with van der Waals surface area (Å²) in [6, 6.07) is 10.9. The van der Waals surface area contributed by atoms with E-state index >= 15 is 0 Å². The van der Waals surface area contributed by atoms with Crippen LogP contribution in [0.4, 0.5) is 0 Å². The molecule has 0 spiro atoms. The number of fused-ring (bicyclic) bond motifs is 1. The molecule has 0 N–H and O–H groups in total. The maximum atomic E-state index is 12.8. The molecule has 22 heavy (non-hydrogen) atoms. The van der Waals surface area contributed by atoms with Crippen LogP contribution >= 0.6 is 11.6 Å². The van der Waals surface area contributed by atoms with Gasteiger partial charge in [-0.2, -0.15) is 0 Å². The van der Waals surface area contributed by atoms with E-state index in [0.29, 0.717) is 23.9 Å². The zero-order valence-electron chi connectivity index (χ0n) is 12.5. The Morgan fingerprint density at radius 2 is 1.95 bits per heavy atom. The molecule has 0 atom stereocenters. The number of carbonyl (C=O) groups excluding carboxylic acids is 1. The highest BCUT2D eigenvalue weighted by Crippen LogP contribution is 2.26. The Bertz CT molecular complexity index is 673. The first-order valence-electron chi connectivity index (χ1n) is 7.12. The maximum absolute atomic E-state index is 12.8. The summed E-state index contributed by atoms with van der Waals surface area (Å²) in [5.41, 5.74) is 1.10. The molecule has 0 bridgehead atoms. The van der Waals surface area contributed by atoms with Gasteiger partial charge in [0.25, 0.3) is 5.91 Å². The van der Waals surface area contributed by atoms with Gasteiger partial charge in [0.15, 0.2) is 5.60 Å². The van der Waals surface area contributed by atoms with Crippen molar-refractivity contribution in [3.8, 4) is 5.75 Å². The predicted molar refractivity (Wildman–Crippen MR) is 84.7 cm³/mol. The molecule has 4 nitrogen and oxygen atoms in total. The van der Waals surface area contributed by atoms with Crippen molar-refractivity contribution < 1.29 is 9.53 Å². The van der Waals surface area contributed by atoms with E-state index in [1.807, 2.05) is 12.1 Å². The lowest BCUT2D eigenvalue weighted by atomic mass is 10.1. The summed E-state index contributed by atoms with van der Waals surface area (Å²) in [4.78, 5) is 18.8. The summed E-state index contributed by atoms with van der Waals surface area (Å²) in [5.74, 6) is 0.568. The summed E-state index contributed by atoms with van der Waals surface area (Å²) in [5, 5.41) is 0.637. The van der Waals surface area contributed by atoms with Crippen LogP contribution in [-0.4, -0.2) is 21.4 Å². The molecule has 0 unspecified atom stereocenters. The first kappa shape index (κ1) is 14.9. The number of rotatable bonds is 3. The Kier molecular flexibility index (Phi) is 3.79. The molecular weight excluding hydrogens is 300 g/mol. The van der Waals surface area contributed by atoms with Gasteiger partial charge in [0.2, 0.25) is 0 Å². The Morgan fingerprint density at radius 1 is 1.23 bits per heavy atom. The van der Waals surface area contributed by atoms with E-state index in [2.05, 4.69) is 4.98 Å². The normalized spacial score (nSPS) is 13.9. The summed E-state index contributed by atoms with van der Waals surface area (Å²) in [6.07, 6.45) is 1.75. The number of pyridine rings is 1. The first-order chi connectivity index (χ1) is 10.5. The smallest absolute Gasteiger partial charge is 0.266 e. The van der Waals surface area contributed by atoms with Crippen molar-refractivity contribution in [2.45, 2.75) is 32.5 Å². The summed E-state index contributed by atoms with van der Waals surface area (Å²) in [6.45, 7) is 4.67. The van der Waals surface area contributed by atoms with Crippen LogP contribution in [0.2, 0.25) is 5.02 Å². The number of ether oxygens (including phenoxy) is 1. The summed E-state index contributed by atoms with van der Waals surface area (Å²) in [7, 11) is 0. The van der Waals surface area contributed by atoms with Crippen molar-refractivity contribution in [2.24, 2.45) is 0 Å². The van der Waals surface area contributed by atoms with Gasteiger partial charge in [-0.05, 0) is 49.7 Å². The quantitative estimate of drug-likeness (QED) is 0.871. The highest BCUT2D eigenvalue weighted by Gasteiger charge is 2.37. The van der Waals surface area contributed by atoms with E-state index in [9.17, 15) is 4.79 Å². The van der Waals surface area contributed by atoms with E-state index in [4.69, 9.17) is 16.3 Å². The summed E-state index contributed by atoms with van der Waals surface area (Å²) >= 11 is 5.86. The lowest BCUT2D eigenvalue weighted by Crippen LogP contribution is -2.46. The molecule has 1 aliphatic rings. The molecule has 1 aromatic carbocycles. The molecule has 5 heteroatoms. The van der Waals surface area contributed by atoms with Crippen LogP contribution in [0.1, 0.15) is 25.1 Å². The fourth-order valence-corrected chi connectivity index (χ4v) is 2.69. The fraction of sp³-hybridized carbons (Fsp3) is 0.294. The molecule has 114 valence electrons. The molecule has 0 saturated heterocycles. The van der Waals surface area contributed by atoms with Crippen molar-refractivity contribution in [3.05, 3.63) is 58.9 Å². The van der Waals surface area contributed by atoms with Crippen LogP contribution < -0.4 is 4.74 Å². The topological polar surface area (TPSA) is 42.4 Å². The number of aromatic nitrogens is 1. The number of hydrogen-bond donors (Lipinski definition) is 0. The molecule has 2 aromatic rings. The van der Waals surface area contributed by atoms with Crippen molar-refractivity contribution >= 4 is 17.5 Å². The van der Waals surface area contributed by atoms with Crippen LogP contribution in [0.15, 0.2) is 42.6 Å². The number of benzene rings is 1. The van der Waals surface area contributed by atoms with E-state index in [0.717, 1.165) is 11.3 Å². The van der Waals surface area contributed by atoms with Crippen molar-refractivity contribution in [3.63, 3.8) is 0 Å². The van der Waals surface area contributed by atoms with E-state index in [1.165, 1.54) is 0 Å². The zero-order chi connectivity index (χ0) is 15.7. The van der Waals surface area contributed by atoms with Crippen molar-refractivity contribution in [1.29, 1.82) is 0 Å². The molecule has 0 radical (unpaired) electrons. The predicted octanol–water partition coefficient (Wildman–Crippen LogP) is 3.43. The number of amides is 1. The van der Waals surface area contributed by atoms with Gasteiger partial charge in [-0.3, -0.25) is 9.78 Å². The Morgan fingerprint density at radius 3 is 2.64 bits per heavy atom. The molecule has 2 heterocycles. The lowest BCUT2D eigenvalue weighted by molar-refractivity contribution is -0.146. The van der Waals surface area contributed by atoms with Gasteiger partial charge < -0.3 is 9.64 Å². The largest absolute Gasteiger partial charge is 0.478 e. The van der Waals surface area contributed by atoms with Gasteiger partial charge in [0.1, 0.15) is 5.75 Å². The second-order valence-electron chi connectivity index (χ2n) is 5.84. The Hall–Kier alpha value is -2.07. The van der Waals surface area contributed by atoms with E-state index < -0.39 is 5.60 Å². The van der Waals surface area contributed by atoms with E-state index in [-0.39, 0.29) is 5.91 Å². The zero-order valence-corrected chi connectivity index (χ0v) is 13.3. The van der Waals surface area contributed by atoms with Crippen LogP contribution in [-0.2, 0) is 17.9 Å². The first-order valence-corrected chi connectivity index (χ1v) is 7.50. The SMILES string of the molecule is CC(C)(Oc1ccc(Cl)cc1)C(=O)N1Cc2cccnc2C1. The van der Waals surface area contributed by atoms with Gasteiger partial charge in [-0.25, -0.2) is 0 Å². The number of nitrogens with zero attached hydrogens (tertiary/aromatic N) is 2. The minimum absolute atomic E-state index is 0.0551. The number of halogens is 1. The molecule has 0 saturated carbocycles. The summed E-state index contributed by atoms with van der Waals surface area (Å²) < 4.78 is 5.86. The average molecular weight is 317 g/mol. The third kappa shape index (κ3) is 2.92. The van der Waals surface area contributed by atoms with Crippen LogP contribution in [0.5, 0.6) is 5.75 Å². The Balaban J connectivity index is 1.73. The molecule has 0 aliphatic carbocycles.